The van der Waals surface area contributed by atoms with Crippen LogP contribution in [0.3, 0.4) is 0 Å². The Morgan fingerprint density at radius 1 is 1.25 bits per heavy atom. The molecule has 4 heteroatoms. The van der Waals surface area contributed by atoms with Crippen molar-refractivity contribution in [2.75, 3.05) is 12.8 Å². The van der Waals surface area contributed by atoms with Gasteiger partial charge < -0.3 is 10.5 Å². The van der Waals surface area contributed by atoms with Gasteiger partial charge in [-0.3, -0.25) is 0 Å². The highest BCUT2D eigenvalue weighted by Crippen LogP contribution is 2.33. The van der Waals surface area contributed by atoms with E-state index in [1.54, 1.807) is 13.2 Å². The van der Waals surface area contributed by atoms with E-state index in [1.165, 1.54) is 6.20 Å². The molecule has 0 radical (unpaired) electrons. The summed E-state index contributed by atoms with van der Waals surface area (Å²) in [4.78, 5) is 4.02. The molecule has 0 unspecified atom stereocenters. The van der Waals surface area contributed by atoms with Gasteiger partial charge in [-0.15, -0.1) is 0 Å². The second-order valence-corrected chi connectivity index (χ2v) is 3.72. The third-order valence-corrected chi connectivity index (χ3v) is 2.49. The van der Waals surface area contributed by atoms with E-state index in [0.717, 1.165) is 16.9 Å². The number of methoxy groups -OCH3 is 1. The van der Waals surface area contributed by atoms with Crippen LogP contribution in [0.5, 0.6) is 5.75 Å². The number of ether oxygens (including phenoxy) is 1. The maximum absolute atomic E-state index is 5.90. The van der Waals surface area contributed by atoms with Crippen molar-refractivity contribution in [2.24, 2.45) is 0 Å². The van der Waals surface area contributed by atoms with E-state index < -0.39 is 0 Å². The molecular weight excluding hydrogens is 224 g/mol. The SMILES string of the molecule is COc1ccccc1-c1cc(Cl)cnc1N. The van der Waals surface area contributed by atoms with Crippen molar-refractivity contribution in [1.82, 2.24) is 4.98 Å². The molecule has 0 fully saturated rings. The molecule has 2 N–H and O–H groups in total. The topological polar surface area (TPSA) is 48.1 Å². The number of anilines is 1. The van der Waals surface area contributed by atoms with Gasteiger partial charge in [-0.2, -0.15) is 0 Å². The van der Waals surface area contributed by atoms with E-state index in [4.69, 9.17) is 22.1 Å². The number of para-hydroxylation sites is 1. The molecule has 0 saturated heterocycles. The highest BCUT2D eigenvalue weighted by atomic mass is 35.5. The molecular formula is C12H11ClN2O. The zero-order chi connectivity index (χ0) is 11.5. The number of hydrogen-bond donors (Lipinski definition) is 1. The van der Waals surface area contributed by atoms with Crippen LogP contribution in [0.25, 0.3) is 11.1 Å². The van der Waals surface area contributed by atoms with Crippen molar-refractivity contribution in [3.05, 3.63) is 41.6 Å². The van der Waals surface area contributed by atoms with Crippen LogP contribution in [0.1, 0.15) is 0 Å². The summed E-state index contributed by atoms with van der Waals surface area (Å²) in [7, 11) is 1.62. The van der Waals surface area contributed by atoms with Crippen molar-refractivity contribution < 1.29 is 4.74 Å². The van der Waals surface area contributed by atoms with Crippen LogP contribution in [0.15, 0.2) is 36.5 Å². The first kappa shape index (κ1) is 10.8. The molecule has 0 aliphatic carbocycles. The first-order chi connectivity index (χ1) is 7.72. The summed E-state index contributed by atoms with van der Waals surface area (Å²) in [6, 6.07) is 9.38. The predicted molar refractivity (Wildman–Crippen MR) is 65.6 cm³/mol. The molecule has 1 aromatic heterocycles. The second-order valence-electron chi connectivity index (χ2n) is 3.29. The number of halogens is 1. The van der Waals surface area contributed by atoms with Crippen LogP contribution >= 0.6 is 11.6 Å². The monoisotopic (exact) mass is 234 g/mol. The highest BCUT2D eigenvalue weighted by Gasteiger charge is 2.09. The number of nitrogen functional groups attached to an aromatic ring is 1. The Morgan fingerprint density at radius 2 is 2.00 bits per heavy atom. The van der Waals surface area contributed by atoms with Gasteiger partial charge in [-0.05, 0) is 12.1 Å². The number of nitrogens with zero attached hydrogens (tertiary/aromatic N) is 1. The van der Waals surface area contributed by atoms with Gasteiger partial charge in [0, 0.05) is 17.3 Å². The maximum Gasteiger partial charge on any atom is 0.131 e. The lowest BCUT2D eigenvalue weighted by Crippen LogP contribution is -1.95. The zero-order valence-corrected chi connectivity index (χ0v) is 9.53. The largest absolute Gasteiger partial charge is 0.496 e. The van der Waals surface area contributed by atoms with Crippen LogP contribution in [0.2, 0.25) is 5.02 Å². The molecule has 16 heavy (non-hydrogen) atoms. The summed E-state index contributed by atoms with van der Waals surface area (Å²) in [5.41, 5.74) is 7.49. The Hall–Kier alpha value is -1.74. The van der Waals surface area contributed by atoms with Crippen molar-refractivity contribution in [1.29, 1.82) is 0 Å². The highest BCUT2D eigenvalue weighted by molar-refractivity contribution is 6.30. The standard InChI is InChI=1S/C12H11ClN2O/c1-16-11-5-3-2-4-9(11)10-6-8(13)7-15-12(10)14/h2-7H,1H3,(H2,14,15). The number of aromatic nitrogens is 1. The van der Waals surface area contributed by atoms with Crippen LogP contribution < -0.4 is 10.5 Å². The Labute approximate surface area is 98.8 Å². The second kappa shape index (κ2) is 4.41. The van der Waals surface area contributed by atoms with Crippen LogP contribution in [-0.2, 0) is 0 Å². The molecule has 1 aromatic carbocycles. The average molecular weight is 235 g/mol. The molecule has 0 aliphatic rings. The third kappa shape index (κ3) is 1.95. The molecule has 1 heterocycles. The molecule has 0 aliphatic heterocycles. The fourth-order valence-electron chi connectivity index (χ4n) is 1.53. The molecule has 0 spiro atoms. The van der Waals surface area contributed by atoms with Gasteiger partial charge in [-0.25, -0.2) is 4.98 Å². The number of rotatable bonds is 2. The predicted octanol–water partition coefficient (Wildman–Crippen LogP) is 2.99. The first-order valence-corrected chi connectivity index (χ1v) is 5.14. The molecule has 0 amide bonds. The summed E-state index contributed by atoms with van der Waals surface area (Å²) >= 11 is 5.90. The Balaban J connectivity index is 2.62. The average Bonchev–Trinajstić information content (AvgIpc) is 2.32. The fourth-order valence-corrected chi connectivity index (χ4v) is 1.69. The minimum Gasteiger partial charge on any atom is -0.496 e. The zero-order valence-electron chi connectivity index (χ0n) is 8.77. The van der Waals surface area contributed by atoms with E-state index in [0.29, 0.717) is 10.8 Å². The van der Waals surface area contributed by atoms with Crippen molar-refractivity contribution in [3.63, 3.8) is 0 Å². The summed E-state index contributed by atoms with van der Waals surface area (Å²) in [5.74, 6) is 1.19. The lowest BCUT2D eigenvalue weighted by molar-refractivity contribution is 0.416. The molecule has 82 valence electrons. The van der Waals surface area contributed by atoms with E-state index in [-0.39, 0.29) is 0 Å². The number of pyridine rings is 1. The van der Waals surface area contributed by atoms with Gasteiger partial charge >= 0.3 is 0 Å². The minimum absolute atomic E-state index is 0.439. The lowest BCUT2D eigenvalue weighted by atomic mass is 10.1. The van der Waals surface area contributed by atoms with E-state index in [9.17, 15) is 0 Å². The Bertz CT molecular complexity index is 514. The number of nitrogens with two attached hydrogens (primary N) is 1. The van der Waals surface area contributed by atoms with Crippen molar-refractivity contribution in [2.45, 2.75) is 0 Å². The Morgan fingerprint density at radius 3 is 2.75 bits per heavy atom. The number of benzene rings is 1. The normalized spacial score (nSPS) is 10.1. The summed E-state index contributed by atoms with van der Waals surface area (Å²) < 4.78 is 5.27. The van der Waals surface area contributed by atoms with Crippen molar-refractivity contribution >= 4 is 17.4 Å². The molecule has 2 aromatic rings. The van der Waals surface area contributed by atoms with Gasteiger partial charge in [0.1, 0.15) is 11.6 Å². The first-order valence-electron chi connectivity index (χ1n) is 4.77. The summed E-state index contributed by atoms with van der Waals surface area (Å²) in [6.07, 6.45) is 1.52. The van der Waals surface area contributed by atoms with Gasteiger partial charge in [0.15, 0.2) is 0 Å². The van der Waals surface area contributed by atoms with E-state index in [1.807, 2.05) is 24.3 Å². The van der Waals surface area contributed by atoms with Gasteiger partial charge in [0.2, 0.25) is 0 Å². The fraction of sp³-hybridized carbons (Fsp3) is 0.0833. The van der Waals surface area contributed by atoms with E-state index >= 15 is 0 Å². The van der Waals surface area contributed by atoms with Crippen molar-refractivity contribution in [3.8, 4) is 16.9 Å². The van der Waals surface area contributed by atoms with Gasteiger partial charge in [0.05, 0.1) is 12.1 Å². The molecule has 0 atom stereocenters. The third-order valence-electron chi connectivity index (χ3n) is 2.28. The smallest absolute Gasteiger partial charge is 0.131 e. The molecule has 0 saturated carbocycles. The molecule has 2 rings (SSSR count). The van der Waals surface area contributed by atoms with Gasteiger partial charge in [-0.1, -0.05) is 29.8 Å². The van der Waals surface area contributed by atoms with Crippen LogP contribution in [-0.4, -0.2) is 12.1 Å². The Kier molecular flexibility index (Phi) is 2.97. The van der Waals surface area contributed by atoms with Crippen LogP contribution in [0, 0.1) is 0 Å². The van der Waals surface area contributed by atoms with Crippen LogP contribution in [0.4, 0.5) is 5.82 Å². The number of hydrogen-bond acceptors (Lipinski definition) is 3. The summed E-state index contributed by atoms with van der Waals surface area (Å²) in [5, 5.41) is 0.551. The lowest BCUT2D eigenvalue weighted by Gasteiger charge is -2.10. The van der Waals surface area contributed by atoms with Gasteiger partial charge in [0.25, 0.3) is 0 Å². The summed E-state index contributed by atoms with van der Waals surface area (Å²) in [6.45, 7) is 0. The van der Waals surface area contributed by atoms with E-state index in [2.05, 4.69) is 4.98 Å². The quantitative estimate of drug-likeness (QED) is 0.869. The molecule has 0 bridgehead atoms. The molecule has 3 nitrogen and oxygen atoms in total. The minimum atomic E-state index is 0.439. The maximum atomic E-state index is 5.90.